The quantitative estimate of drug-likeness (QED) is 0.419. The summed E-state index contributed by atoms with van der Waals surface area (Å²) >= 11 is 0. The molecule has 0 aliphatic heterocycles. The number of carbonyl (C=O) groups is 1. The standard InChI is InChI=1S/C24H24O3/c1-17-5-7-20(8-6-17)23(25)26-21-13-9-18(10-14-21)19-11-15-22(16-12-19)27-24(2,3)4/h5-16H,1-4H3. The Morgan fingerprint density at radius 2 is 1.19 bits per heavy atom. The molecule has 0 aliphatic rings. The van der Waals surface area contributed by atoms with E-state index >= 15 is 0 Å². The van der Waals surface area contributed by atoms with E-state index in [9.17, 15) is 4.79 Å². The lowest BCUT2D eigenvalue weighted by Crippen LogP contribution is -2.22. The van der Waals surface area contributed by atoms with Gasteiger partial charge in [-0.3, -0.25) is 0 Å². The number of ether oxygens (including phenoxy) is 2. The van der Waals surface area contributed by atoms with Crippen LogP contribution in [0.4, 0.5) is 0 Å². The molecule has 0 spiro atoms. The smallest absolute Gasteiger partial charge is 0.343 e. The normalized spacial score (nSPS) is 11.1. The lowest BCUT2D eigenvalue weighted by molar-refractivity contribution is 0.0734. The maximum absolute atomic E-state index is 12.2. The summed E-state index contributed by atoms with van der Waals surface area (Å²) in [5.41, 5.74) is 3.55. The van der Waals surface area contributed by atoms with Gasteiger partial charge >= 0.3 is 5.97 Å². The van der Waals surface area contributed by atoms with Gasteiger partial charge in [-0.25, -0.2) is 4.79 Å². The second kappa shape index (κ2) is 7.67. The second-order valence-electron chi connectivity index (χ2n) is 7.52. The Morgan fingerprint density at radius 3 is 1.67 bits per heavy atom. The minimum atomic E-state index is -0.355. The highest BCUT2D eigenvalue weighted by atomic mass is 16.5. The van der Waals surface area contributed by atoms with E-state index in [1.165, 1.54) is 0 Å². The second-order valence-corrected chi connectivity index (χ2v) is 7.52. The molecule has 3 rings (SSSR count). The van der Waals surface area contributed by atoms with Gasteiger partial charge in [0.25, 0.3) is 0 Å². The Morgan fingerprint density at radius 1 is 0.704 bits per heavy atom. The van der Waals surface area contributed by atoms with Crippen LogP contribution >= 0.6 is 0 Å². The molecule has 0 aromatic heterocycles. The zero-order chi connectivity index (χ0) is 19.4. The van der Waals surface area contributed by atoms with E-state index in [2.05, 4.69) is 0 Å². The molecule has 0 aliphatic carbocycles. The summed E-state index contributed by atoms with van der Waals surface area (Å²) in [6.45, 7) is 8.06. The van der Waals surface area contributed by atoms with Gasteiger partial charge in [0.15, 0.2) is 0 Å². The molecule has 0 unspecified atom stereocenters. The van der Waals surface area contributed by atoms with E-state index < -0.39 is 0 Å². The van der Waals surface area contributed by atoms with Crippen molar-refractivity contribution < 1.29 is 14.3 Å². The lowest BCUT2D eigenvalue weighted by atomic mass is 10.1. The van der Waals surface area contributed by atoms with Crippen LogP contribution in [-0.4, -0.2) is 11.6 Å². The van der Waals surface area contributed by atoms with Crippen LogP contribution in [0.2, 0.25) is 0 Å². The van der Waals surface area contributed by atoms with Gasteiger partial charge in [0, 0.05) is 0 Å². The highest BCUT2D eigenvalue weighted by Gasteiger charge is 2.12. The fourth-order valence-electron chi connectivity index (χ4n) is 2.64. The van der Waals surface area contributed by atoms with Gasteiger partial charge in [0.05, 0.1) is 5.56 Å². The van der Waals surface area contributed by atoms with Crippen molar-refractivity contribution in [2.45, 2.75) is 33.3 Å². The molecule has 0 fully saturated rings. The van der Waals surface area contributed by atoms with Gasteiger partial charge in [-0.2, -0.15) is 0 Å². The van der Waals surface area contributed by atoms with Crippen LogP contribution < -0.4 is 9.47 Å². The van der Waals surface area contributed by atoms with Crippen molar-refractivity contribution in [1.29, 1.82) is 0 Å². The van der Waals surface area contributed by atoms with E-state index in [-0.39, 0.29) is 11.6 Å². The summed E-state index contributed by atoms with van der Waals surface area (Å²) in [5.74, 6) is 1.01. The summed E-state index contributed by atoms with van der Waals surface area (Å²) < 4.78 is 11.3. The van der Waals surface area contributed by atoms with Crippen LogP contribution in [0.25, 0.3) is 11.1 Å². The predicted octanol–water partition coefficient (Wildman–Crippen LogP) is 6.06. The number of esters is 1. The molecule has 0 heterocycles. The Kier molecular flexibility index (Phi) is 5.31. The van der Waals surface area contributed by atoms with E-state index in [1.807, 2.05) is 76.2 Å². The van der Waals surface area contributed by atoms with Crippen molar-refractivity contribution in [3.05, 3.63) is 83.9 Å². The Bertz CT molecular complexity index is 900. The van der Waals surface area contributed by atoms with Crippen LogP contribution in [0, 0.1) is 6.92 Å². The fraction of sp³-hybridized carbons (Fsp3) is 0.208. The first-order valence-electron chi connectivity index (χ1n) is 8.98. The molecule has 27 heavy (non-hydrogen) atoms. The van der Waals surface area contributed by atoms with Crippen molar-refractivity contribution in [2.24, 2.45) is 0 Å². The van der Waals surface area contributed by atoms with Crippen molar-refractivity contribution in [2.75, 3.05) is 0 Å². The monoisotopic (exact) mass is 360 g/mol. The highest BCUT2D eigenvalue weighted by Crippen LogP contribution is 2.26. The molecule has 0 bridgehead atoms. The zero-order valence-electron chi connectivity index (χ0n) is 16.2. The lowest BCUT2D eigenvalue weighted by Gasteiger charge is -2.21. The maximum atomic E-state index is 12.2. The molecule has 3 aromatic carbocycles. The first-order valence-corrected chi connectivity index (χ1v) is 8.98. The molecule has 3 heteroatoms. The summed E-state index contributed by atoms with van der Waals surface area (Å²) in [4.78, 5) is 12.2. The average Bonchev–Trinajstić information content (AvgIpc) is 2.62. The topological polar surface area (TPSA) is 35.5 Å². The molecular formula is C24H24O3. The summed E-state index contributed by atoms with van der Waals surface area (Å²) in [6, 6.07) is 22.8. The molecule has 3 nitrogen and oxygen atoms in total. The predicted molar refractivity (Wildman–Crippen MR) is 108 cm³/mol. The van der Waals surface area contributed by atoms with Gasteiger partial charge in [-0.15, -0.1) is 0 Å². The van der Waals surface area contributed by atoms with Gasteiger partial charge in [-0.05, 0) is 75.2 Å². The first-order chi connectivity index (χ1) is 12.8. The molecule has 138 valence electrons. The van der Waals surface area contributed by atoms with Gasteiger partial charge in [0.2, 0.25) is 0 Å². The van der Waals surface area contributed by atoms with E-state index in [1.54, 1.807) is 24.3 Å². The average molecular weight is 360 g/mol. The Balaban J connectivity index is 1.68. The number of aryl methyl sites for hydroxylation is 1. The molecule has 0 saturated carbocycles. The van der Waals surface area contributed by atoms with Gasteiger partial charge in [0.1, 0.15) is 17.1 Å². The van der Waals surface area contributed by atoms with Gasteiger partial charge in [-0.1, -0.05) is 42.0 Å². The molecule has 0 amide bonds. The minimum absolute atomic E-state index is 0.218. The molecule has 0 atom stereocenters. The summed E-state index contributed by atoms with van der Waals surface area (Å²) in [5, 5.41) is 0. The van der Waals surface area contributed by atoms with Crippen LogP contribution in [0.5, 0.6) is 11.5 Å². The molecular weight excluding hydrogens is 336 g/mol. The molecule has 0 N–H and O–H groups in total. The largest absolute Gasteiger partial charge is 0.488 e. The third-order valence-electron chi connectivity index (χ3n) is 3.96. The zero-order valence-corrected chi connectivity index (χ0v) is 16.2. The summed E-state index contributed by atoms with van der Waals surface area (Å²) in [6.07, 6.45) is 0. The highest BCUT2D eigenvalue weighted by molar-refractivity contribution is 5.91. The van der Waals surface area contributed by atoms with E-state index in [0.717, 1.165) is 22.4 Å². The van der Waals surface area contributed by atoms with E-state index in [0.29, 0.717) is 11.3 Å². The summed E-state index contributed by atoms with van der Waals surface area (Å²) in [7, 11) is 0. The molecule has 0 saturated heterocycles. The first kappa shape index (κ1) is 18.7. The van der Waals surface area contributed by atoms with Crippen LogP contribution in [0.15, 0.2) is 72.8 Å². The van der Waals surface area contributed by atoms with Gasteiger partial charge < -0.3 is 9.47 Å². The minimum Gasteiger partial charge on any atom is -0.488 e. The van der Waals surface area contributed by atoms with Crippen LogP contribution in [-0.2, 0) is 0 Å². The van der Waals surface area contributed by atoms with Crippen molar-refractivity contribution in [3.63, 3.8) is 0 Å². The van der Waals surface area contributed by atoms with Crippen molar-refractivity contribution in [1.82, 2.24) is 0 Å². The Labute approximate surface area is 160 Å². The van der Waals surface area contributed by atoms with E-state index in [4.69, 9.17) is 9.47 Å². The third-order valence-corrected chi connectivity index (χ3v) is 3.96. The van der Waals surface area contributed by atoms with Crippen LogP contribution in [0.1, 0.15) is 36.7 Å². The SMILES string of the molecule is Cc1ccc(C(=O)Oc2ccc(-c3ccc(OC(C)(C)C)cc3)cc2)cc1. The Hall–Kier alpha value is -3.07. The number of benzene rings is 3. The number of hydrogen-bond donors (Lipinski definition) is 0. The third kappa shape index (κ3) is 5.20. The van der Waals surface area contributed by atoms with Crippen LogP contribution in [0.3, 0.4) is 0 Å². The molecule has 3 aromatic rings. The van der Waals surface area contributed by atoms with Crippen molar-refractivity contribution >= 4 is 5.97 Å². The maximum Gasteiger partial charge on any atom is 0.343 e. The fourth-order valence-corrected chi connectivity index (χ4v) is 2.64. The molecule has 0 radical (unpaired) electrons. The van der Waals surface area contributed by atoms with Crippen molar-refractivity contribution in [3.8, 4) is 22.6 Å². The number of carbonyl (C=O) groups excluding carboxylic acids is 1. The number of rotatable bonds is 4. The number of hydrogen-bond acceptors (Lipinski definition) is 3.